The second kappa shape index (κ2) is 13.2. The number of fused-ring (bicyclic) bond motifs is 1. The molecule has 7 nitrogen and oxygen atoms in total. The minimum absolute atomic E-state index is 0.186. The molecule has 9 heteroatoms. The van der Waals surface area contributed by atoms with Crippen molar-refractivity contribution in [2.24, 2.45) is 4.99 Å². The Morgan fingerprint density at radius 1 is 1.05 bits per heavy atom. The van der Waals surface area contributed by atoms with Crippen LogP contribution in [0.25, 0.3) is 6.08 Å². The van der Waals surface area contributed by atoms with E-state index in [1.165, 1.54) is 11.3 Å². The third-order valence-electron chi connectivity index (χ3n) is 6.82. The standard InChI is InChI=1S/C33H31ClN2O5S/c1-4-11-25-29(32(38)40-5-2)30(24-19-23(34)16-17-27(24)39-3)36-31(37)28(42-33(36)35-25)18-22-14-9-10-15-26(22)41-20-21-12-7-6-8-13-21/h6-10,12-19,30H,4-5,11,20H2,1-3H3/b28-18+/t30-/m1/s1. The molecule has 1 aliphatic rings. The highest BCUT2D eigenvalue weighted by Gasteiger charge is 2.36. The molecule has 0 N–H and O–H groups in total. The van der Waals surface area contributed by atoms with Gasteiger partial charge in [-0.1, -0.05) is 84.8 Å². The topological polar surface area (TPSA) is 79.1 Å². The van der Waals surface area contributed by atoms with Crippen LogP contribution in [0.4, 0.5) is 0 Å². The van der Waals surface area contributed by atoms with Gasteiger partial charge < -0.3 is 14.2 Å². The van der Waals surface area contributed by atoms with Crippen LogP contribution in [0.5, 0.6) is 11.5 Å². The fraction of sp³-hybridized carbons (Fsp3) is 0.242. The molecule has 4 aromatic rings. The monoisotopic (exact) mass is 602 g/mol. The molecule has 0 bridgehead atoms. The minimum atomic E-state index is -0.831. The number of nitrogens with zero attached hydrogens (tertiary/aromatic N) is 2. The molecule has 2 heterocycles. The lowest BCUT2D eigenvalue weighted by Crippen LogP contribution is -2.40. The van der Waals surface area contributed by atoms with Crippen molar-refractivity contribution in [2.45, 2.75) is 39.3 Å². The van der Waals surface area contributed by atoms with Crippen molar-refractivity contribution in [3.8, 4) is 11.5 Å². The number of para-hydroxylation sites is 1. The summed E-state index contributed by atoms with van der Waals surface area (Å²) in [6, 6.07) is 21.8. The van der Waals surface area contributed by atoms with Crippen molar-refractivity contribution >= 4 is 35.0 Å². The number of halogens is 1. The summed E-state index contributed by atoms with van der Waals surface area (Å²) in [6.07, 6.45) is 3.10. The molecule has 1 atom stereocenters. The van der Waals surface area contributed by atoms with Gasteiger partial charge in [-0.15, -0.1) is 0 Å². The molecule has 42 heavy (non-hydrogen) atoms. The molecule has 3 aromatic carbocycles. The average Bonchev–Trinajstić information content (AvgIpc) is 3.30. The molecule has 1 aromatic heterocycles. The normalized spacial score (nSPS) is 14.8. The smallest absolute Gasteiger partial charge is 0.338 e. The Kier molecular flexibility index (Phi) is 9.25. The number of benzene rings is 3. The third kappa shape index (κ3) is 6.05. The zero-order valence-electron chi connectivity index (χ0n) is 23.6. The summed E-state index contributed by atoms with van der Waals surface area (Å²) in [5.74, 6) is 0.628. The van der Waals surface area contributed by atoms with Crippen LogP contribution < -0.4 is 24.4 Å². The van der Waals surface area contributed by atoms with Crippen LogP contribution in [0.3, 0.4) is 0 Å². The van der Waals surface area contributed by atoms with Crippen LogP contribution in [-0.4, -0.2) is 24.3 Å². The Morgan fingerprint density at radius 3 is 2.55 bits per heavy atom. The fourth-order valence-electron chi connectivity index (χ4n) is 4.94. The molecule has 0 spiro atoms. The van der Waals surface area contributed by atoms with Crippen molar-refractivity contribution in [1.29, 1.82) is 0 Å². The van der Waals surface area contributed by atoms with Gasteiger partial charge in [-0.2, -0.15) is 0 Å². The number of aromatic nitrogens is 1. The Bertz CT molecular complexity index is 1810. The van der Waals surface area contributed by atoms with Crippen LogP contribution in [0.2, 0.25) is 5.02 Å². The van der Waals surface area contributed by atoms with Crippen molar-refractivity contribution in [3.63, 3.8) is 0 Å². The van der Waals surface area contributed by atoms with Gasteiger partial charge in [0.25, 0.3) is 5.56 Å². The molecule has 0 saturated heterocycles. The molecular weight excluding hydrogens is 572 g/mol. The van der Waals surface area contributed by atoms with Gasteiger partial charge in [0, 0.05) is 16.1 Å². The van der Waals surface area contributed by atoms with E-state index in [1.807, 2.05) is 67.6 Å². The number of thiazole rings is 1. The number of rotatable bonds is 10. The van der Waals surface area contributed by atoms with Gasteiger partial charge in [-0.3, -0.25) is 9.36 Å². The summed E-state index contributed by atoms with van der Waals surface area (Å²) >= 11 is 7.70. The Morgan fingerprint density at radius 2 is 1.81 bits per heavy atom. The highest BCUT2D eigenvalue weighted by Crippen LogP contribution is 2.38. The summed E-state index contributed by atoms with van der Waals surface area (Å²) in [4.78, 5) is 32.9. The maximum atomic E-state index is 14.2. The first-order chi connectivity index (χ1) is 20.4. The first-order valence-corrected chi connectivity index (χ1v) is 15.0. The van der Waals surface area contributed by atoms with Gasteiger partial charge >= 0.3 is 5.97 Å². The first kappa shape index (κ1) is 29.4. The van der Waals surface area contributed by atoms with Crippen LogP contribution in [0.15, 0.2) is 93.9 Å². The quantitative estimate of drug-likeness (QED) is 0.214. The van der Waals surface area contributed by atoms with E-state index in [1.54, 1.807) is 36.8 Å². The molecule has 0 saturated carbocycles. The zero-order chi connectivity index (χ0) is 29.6. The molecular formula is C33H31ClN2O5S. The lowest BCUT2D eigenvalue weighted by molar-refractivity contribution is -0.139. The number of hydrogen-bond donors (Lipinski definition) is 0. The number of methoxy groups -OCH3 is 1. The van der Waals surface area contributed by atoms with E-state index in [4.69, 9.17) is 30.8 Å². The molecule has 5 rings (SSSR count). The maximum Gasteiger partial charge on any atom is 0.338 e. The first-order valence-electron chi connectivity index (χ1n) is 13.8. The third-order valence-corrected chi connectivity index (χ3v) is 8.04. The van der Waals surface area contributed by atoms with E-state index in [0.717, 1.165) is 17.5 Å². The van der Waals surface area contributed by atoms with E-state index in [0.29, 0.717) is 55.7 Å². The summed E-state index contributed by atoms with van der Waals surface area (Å²) < 4.78 is 19.3. The van der Waals surface area contributed by atoms with Crippen LogP contribution in [0.1, 0.15) is 49.4 Å². The van der Waals surface area contributed by atoms with Crippen LogP contribution in [0, 0.1) is 0 Å². The van der Waals surface area contributed by atoms with Gasteiger partial charge in [-0.25, -0.2) is 9.79 Å². The van der Waals surface area contributed by atoms with Crippen LogP contribution in [-0.2, 0) is 16.1 Å². The van der Waals surface area contributed by atoms with Gasteiger partial charge in [0.1, 0.15) is 24.1 Å². The Hall–Kier alpha value is -4.14. The molecule has 1 aliphatic heterocycles. The highest BCUT2D eigenvalue weighted by atomic mass is 35.5. The number of ether oxygens (including phenoxy) is 3. The van der Waals surface area contributed by atoms with Crippen molar-refractivity contribution in [2.75, 3.05) is 13.7 Å². The second-order valence-electron chi connectivity index (χ2n) is 9.61. The lowest BCUT2D eigenvalue weighted by Gasteiger charge is -2.27. The van der Waals surface area contributed by atoms with E-state index in [2.05, 4.69) is 0 Å². The molecule has 0 unspecified atom stereocenters. The number of allylic oxidation sites excluding steroid dienone is 1. The number of hydrogen-bond acceptors (Lipinski definition) is 7. The van der Waals surface area contributed by atoms with Crippen LogP contribution >= 0.6 is 22.9 Å². The van der Waals surface area contributed by atoms with E-state index < -0.39 is 12.0 Å². The molecule has 0 aliphatic carbocycles. The van der Waals surface area contributed by atoms with Gasteiger partial charge in [0.15, 0.2) is 4.80 Å². The fourth-order valence-corrected chi connectivity index (χ4v) is 6.13. The minimum Gasteiger partial charge on any atom is -0.496 e. The summed E-state index contributed by atoms with van der Waals surface area (Å²) in [6.45, 7) is 4.34. The second-order valence-corrected chi connectivity index (χ2v) is 11.1. The Labute approximate surface area is 253 Å². The largest absolute Gasteiger partial charge is 0.496 e. The summed E-state index contributed by atoms with van der Waals surface area (Å²) in [5, 5.41) is 0.453. The van der Waals surface area contributed by atoms with E-state index in [9.17, 15) is 9.59 Å². The number of carbonyl (C=O) groups is 1. The van der Waals surface area contributed by atoms with Crippen molar-refractivity contribution in [1.82, 2.24) is 4.57 Å². The predicted octanol–water partition coefficient (Wildman–Crippen LogP) is 5.82. The van der Waals surface area contributed by atoms with Gasteiger partial charge in [0.05, 0.1) is 29.5 Å². The molecule has 0 radical (unpaired) electrons. The predicted molar refractivity (Wildman–Crippen MR) is 165 cm³/mol. The van der Waals surface area contributed by atoms with Gasteiger partial charge in [0.2, 0.25) is 0 Å². The highest BCUT2D eigenvalue weighted by molar-refractivity contribution is 7.07. The summed E-state index contributed by atoms with van der Waals surface area (Å²) in [5.41, 5.74) is 2.98. The van der Waals surface area contributed by atoms with E-state index >= 15 is 0 Å². The Balaban J connectivity index is 1.69. The zero-order valence-corrected chi connectivity index (χ0v) is 25.2. The molecule has 0 amide bonds. The number of carbonyl (C=O) groups excluding carboxylic acids is 1. The van der Waals surface area contributed by atoms with Crippen molar-refractivity contribution in [3.05, 3.63) is 125 Å². The summed E-state index contributed by atoms with van der Waals surface area (Å²) in [7, 11) is 1.55. The maximum absolute atomic E-state index is 14.2. The average molecular weight is 603 g/mol. The lowest BCUT2D eigenvalue weighted by atomic mass is 9.93. The molecule has 0 fully saturated rings. The SMILES string of the molecule is CCCC1=C(C(=O)OCC)[C@@H](c2cc(Cl)ccc2OC)n2c(s/c(=C/c3ccccc3OCc3ccccc3)c2=O)=N1. The van der Waals surface area contributed by atoms with Gasteiger partial charge in [-0.05, 0) is 49.2 Å². The number of esters is 1. The van der Waals surface area contributed by atoms with E-state index in [-0.39, 0.29) is 12.2 Å². The van der Waals surface area contributed by atoms with Crippen molar-refractivity contribution < 1.29 is 19.0 Å². The molecule has 216 valence electrons.